The van der Waals surface area contributed by atoms with Crippen LogP contribution < -0.4 is 28.4 Å². The van der Waals surface area contributed by atoms with E-state index in [0.29, 0.717) is 0 Å². The molecule has 0 amide bonds. The zero-order chi connectivity index (χ0) is 45.4. The molecule has 4 aromatic carbocycles. The van der Waals surface area contributed by atoms with E-state index in [4.69, 9.17) is 28.4 Å². The topological polar surface area (TPSA) is 55.4 Å². The molecule has 0 radical (unpaired) electrons. The van der Waals surface area contributed by atoms with Gasteiger partial charge in [-0.25, -0.2) is 0 Å². The van der Waals surface area contributed by atoms with Crippen LogP contribution in [-0.2, 0) is 0 Å². The number of thiophene rings is 4. The summed E-state index contributed by atoms with van der Waals surface area (Å²) in [7, 11) is 6.86. The Hall–Kier alpha value is -5.52. The molecule has 0 atom stereocenters. The number of methoxy groups -OCH3 is 4. The lowest BCUT2D eigenvalue weighted by Crippen LogP contribution is -2.06. The molecular formula is C54H54O6S4. The molecule has 0 spiro atoms. The van der Waals surface area contributed by atoms with Crippen LogP contribution in [0.4, 0.5) is 0 Å². The highest BCUT2D eigenvalue weighted by molar-refractivity contribution is 7.30. The van der Waals surface area contributed by atoms with Gasteiger partial charge in [0.1, 0.15) is 34.5 Å². The van der Waals surface area contributed by atoms with E-state index in [1.807, 2.05) is 83.3 Å². The van der Waals surface area contributed by atoms with Crippen molar-refractivity contribution in [2.75, 3.05) is 28.4 Å². The maximum atomic E-state index is 6.40. The summed E-state index contributed by atoms with van der Waals surface area (Å²) in [6.07, 6.45) is 0.00752. The van der Waals surface area contributed by atoms with Crippen molar-refractivity contribution in [3.8, 4) is 107 Å². The average molecular weight is 927 g/mol. The van der Waals surface area contributed by atoms with Crippen LogP contribution >= 0.6 is 45.3 Å². The van der Waals surface area contributed by atoms with E-state index in [0.717, 1.165) is 77.6 Å². The Balaban J connectivity index is 1.30. The zero-order valence-electron chi connectivity index (χ0n) is 38.5. The molecule has 0 unspecified atom stereocenters. The van der Waals surface area contributed by atoms with Crippen molar-refractivity contribution in [1.29, 1.82) is 0 Å². The molecule has 8 rings (SSSR count). The minimum absolute atomic E-state index is 0.00376. The van der Waals surface area contributed by atoms with E-state index >= 15 is 0 Å². The van der Waals surface area contributed by atoms with Crippen LogP contribution in [0.2, 0.25) is 0 Å². The van der Waals surface area contributed by atoms with Crippen molar-refractivity contribution in [2.45, 2.75) is 67.6 Å². The first-order valence-corrected chi connectivity index (χ1v) is 24.6. The standard InChI is InChI=1S/C54H54O6S4/c1-29(2)59-43-17-13-15-41(57-11)47(43)45-27-39(35-19-23-37(55-9)24-20-35)53(61-45)51-33(7)31(5)49(63-51)50-32(6)34(8)52(64-50)54-40(36-21-25-38(56-10)26-22-36)28-46(62-54)48-42(58-12)16-14-18-44(48)60-30(3)4/h13-30H,1-12H3. The van der Waals surface area contributed by atoms with Gasteiger partial charge in [0.05, 0.1) is 61.5 Å². The first-order chi connectivity index (χ1) is 30.8. The van der Waals surface area contributed by atoms with Gasteiger partial charge in [0.2, 0.25) is 0 Å². The molecule has 0 saturated carbocycles. The van der Waals surface area contributed by atoms with Gasteiger partial charge in [-0.3, -0.25) is 0 Å². The highest BCUT2D eigenvalue weighted by Crippen LogP contribution is 2.57. The fourth-order valence-electron chi connectivity index (χ4n) is 7.95. The van der Waals surface area contributed by atoms with E-state index in [1.165, 1.54) is 51.5 Å². The maximum Gasteiger partial charge on any atom is 0.132 e. The second-order valence-electron chi connectivity index (χ2n) is 16.2. The van der Waals surface area contributed by atoms with Crippen LogP contribution in [0.25, 0.3) is 72.4 Å². The summed E-state index contributed by atoms with van der Waals surface area (Å²) in [6.45, 7) is 17.3. The largest absolute Gasteiger partial charge is 0.497 e. The number of benzene rings is 4. The second-order valence-corrected chi connectivity index (χ2v) is 20.3. The maximum absolute atomic E-state index is 6.40. The second kappa shape index (κ2) is 18.9. The third kappa shape index (κ3) is 8.56. The molecule has 0 aliphatic carbocycles. The molecule has 0 fully saturated rings. The predicted octanol–water partition coefficient (Wildman–Crippen LogP) is 16.4. The summed E-state index contributed by atoms with van der Waals surface area (Å²) >= 11 is 7.34. The summed E-state index contributed by atoms with van der Waals surface area (Å²) in [5, 5.41) is 0. The lowest BCUT2D eigenvalue weighted by molar-refractivity contribution is 0.242. The smallest absolute Gasteiger partial charge is 0.132 e. The molecule has 8 aromatic rings. The van der Waals surface area contributed by atoms with Crippen molar-refractivity contribution in [1.82, 2.24) is 0 Å². The van der Waals surface area contributed by atoms with Crippen molar-refractivity contribution in [2.24, 2.45) is 0 Å². The van der Waals surface area contributed by atoms with Gasteiger partial charge in [-0.05, 0) is 149 Å². The van der Waals surface area contributed by atoms with Gasteiger partial charge in [-0.2, -0.15) is 0 Å². The Kier molecular flexibility index (Phi) is 13.3. The molecule has 0 aliphatic heterocycles. The molecule has 330 valence electrons. The summed E-state index contributed by atoms with van der Waals surface area (Å²) in [6, 6.07) is 33.4. The normalized spacial score (nSPS) is 11.4. The number of hydrogen-bond donors (Lipinski definition) is 0. The van der Waals surface area contributed by atoms with Crippen molar-refractivity contribution < 1.29 is 28.4 Å². The van der Waals surface area contributed by atoms with Crippen LogP contribution in [0.5, 0.6) is 34.5 Å². The van der Waals surface area contributed by atoms with Crippen LogP contribution in [-0.4, -0.2) is 40.6 Å². The molecule has 4 aromatic heterocycles. The van der Waals surface area contributed by atoms with Crippen molar-refractivity contribution in [3.63, 3.8) is 0 Å². The molecule has 64 heavy (non-hydrogen) atoms. The predicted molar refractivity (Wildman–Crippen MR) is 273 cm³/mol. The van der Waals surface area contributed by atoms with E-state index < -0.39 is 0 Å². The van der Waals surface area contributed by atoms with Crippen molar-refractivity contribution in [3.05, 3.63) is 119 Å². The number of rotatable bonds is 15. The van der Waals surface area contributed by atoms with Gasteiger partial charge >= 0.3 is 0 Å². The minimum atomic E-state index is 0.00376. The molecule has 4 heterocycles. The Morgan fingerprint density at radius 3 is 1.02 bits per heavy atom. The fraction of sp³-hybridized carbons (Fsp3) is 0.259. The van der Waals surface area contributed by atoms with E-state index in [-0.39, 0.29) is 12.2 Å². The summed E-state index contributed by atoms with van der Waals surface area (Å²) < 4.78 is 35.9. The zero-order valence-corrected chi connectivity index (χ0v) is 41.7. The van der Waals surface area contributed by atoms with Crippen LogP contribution in [0.1, 0.15) is 49.9 Å². The van der Waals surface area contributed by atoms with Gasteiger partial charge in [-0.1, -0.05) is 36.4 Å². The SMILES string of the molecule is COc1ccc(-c2cc(-c3c(OC)cccc3OC(C)C)sc2-c2sc(-c3sc(-c4sc(-c5c(OC)cccc5OC(C)C)cc4-c4ccc(OC)cc4)c(C)c3C)c(C)c2C)cc1. The molecule has 0 N–H and O–H groups in total. The molecule has 0 aliphatic rings. The monoisotopic (exact) mass is 926 g/mol. The Bertz CT molecular complexity index is 2730. The third-order valence-electron chi connectivity index (χ3n) is 11.4. The van der Waals surface area contributed by atoms with Gasteiger partial charge in [-0.15, -0.1) is 45.3 Å². The van der Waals surface area contributed by atoms with Gasteiger partial charge in [0, 0.05) is 40.4 Å². The van der Waals surface area contributed by atoms with Gasteiger partial charge in [0.25, 0.3) is 0 Å². The summed E-state index contributed by atoms with van der Waals surface area (Å²) in [5.74, 6) is 4.82. The summed E-state index contributed by atoms with van der Waals surface area (Å²) in [4.78, 5) is 9.70. The van der Waals surface area contributed by atoms with Crippen molar-refractivity contribution >= 4 is 45.3 Å². The van der Waals surface area contributed by atoms with Crippen LogP contribution in [0.15, 0.2) is 97.1 Å². The summed E-state index contributed by atoms with van der Waals surface area (Å²) in [5.41, 5.74) is 11.6. The van der Waals surface area contributed by atoms with Crippen LogP contribution in [0, 0.1) is 27.7 Å². The highest BCUT2D eigenvalue weighted by atomic mass is 32.1. The van der Waals surface area contributed by atoms with Crippen LogP contribution in [0.3, 0.4) is 0 Å². The molecular weight excluding hydrogens is 873 g/mol. The molecule has 0 bridgehead atoms. The highest BCUT2D eigenvalue weighted by Gasteiger charge is 2.28. The lowest BCUT2D eigenvalue weighted by atomic mass is 10.0. The fourth-order valence-corrected chi connectivity index (χ4v) is 13.7. The third-order valence-corrected chi connectivity index (χ3v) is 17.0. The first kappa shape index (κ1) is 45.1. The average Bonchev–Trinajstić information content (AvgIpc) is 4.07. The van der Waals surface area contributed by atoms with E-state index in [2.05, 4.69) is 91.8 Å². The lowest BCUT2D eigenvalue weighted by Gasteiger charge is -2.16. The van der Waals surface area contributed by atoms with E-state index in [9.17, 15) is 0 Å². The first-order valence-electron chi connectivity index (χ1n) is 21.3. The molecule has 10 heteroatoms. The number of ether oxygens (including phenoxy) is 6. The Labute approximate surface area is 393 Å². The molecule has 0 saturated heterocycles. The quantitative estimate of drug-likeness (QED) is 0.102. The Morgan fingerprint density at radius 2 is 0.703 bits per heavy atom. The number of hydrogen-bond acceptors (Lipinski definition) is 10. The Morgan fingerprint density at radius 1 is 0.375 bits per heavy atom. The molecule has 6 nitrogen and oxygen atoms in total. The van der Waals surface area contributed by atoms with Gasteiger partial charge < -0.3 is 28.4 Å². The van der Waals surface area contributed by atoms with Gasteiger partial charge in [0.15, 0.2) is 0 Å². The minimum Gasteiger partial charge on any atom is -0.497 e. The van der Waals surface area contributed by atoms with E-state index in [1.54, 1.807) is 51.1 Å².